The third-order valence-corrected chi connectivity index (χ3v) is 3.80. The minimum atomic E-state index is -0.504. The average molecular weight is 376 g/mol. The summed E-state index contributed by atoms with van der Waals surface area (Å²) < 4.78 is 6.01. The number of halogens is 1. The maximum absolute atomic E-state index is 12.0. The zero-order chi connectivity index (χ0) is 16.8. The molecule has 0 spiro atoms. The number of rotatable bonds is 5. The lowest BCUT2D eigenvalue weighted by Crippen LogP contribution is -2.21. The molecule has 1 N–H and O–H groups in total. The first-order valence-corrected chi connectivity index (χ1v) is 8.11. The van der Waals surface area contributed by atoms with Crippen molar-refractivity contribution in [3.05, 3.63) is 63.6 Å². The molecule has 0 fully saturated rings. The van der Waals surface area contributed by atoms with Crippen LogP contribution in [0.4, 0.5) is 5.69 Å². The van der Waals surface area contributed by atoms with Crippen LogP contribution >= 0.6 is 15.9 Å². The summed E-state index contributed by atoms with van der Waals surface area (Å²) >= 11 is 3.40. The van der Waals surface area contributed by atoms with Crippen molar-refractivity contribution in [3.8, 4) is 0 Å². The summed E-state index contributed by atoms with van der Waals surface area (Å²) in [5.74, 6) is -0.863. The van der Waals surface area contributed by atoms with Crippen LogP contribution < -0.4 is 5.32 Å². The van der Waals surface area contributed by atoms with Crippen LogP contribution in [0.5, 0.6) is 0 Å². The topological polar surface area (TPSA) is 55.4 Å². The summed E-state index contributed by atoms with van der Waals surface area (Å²) in [6.07, 6.45) is 0.790. The number of hydrogen-bond acceptors (Lipinski definition) is 3. The third kappa shape index (κ3) is 4.93. The zero-order valence-corrected chi connectivity index (χ0v) is 14.6. The zero-order valence-electron chi connectivity index (χ0n) is 13.1. The molecule has 2 aromatic carbocycles. The Labute approximate surface area is 144 Å². The molecule has 0 aliphatic carbocycles. The number of ether oxygens (including phenoxy) is 1. The van der Waals surface area contributed by atoms with E-state index in [0.29, 0.717) is 5.56 Å². The number of amides is 1. The highest BCUT2D eigenvalue weighted by Crippen LogP contribution is 2.21. The van der Waals surface area contributed by atoms with E-state index < -0.39 is 5.97 Å². The van der Waals surface area contributed by atoms with Crippen molar-refractivity contribution < 1.29 is 14.3 Å². The van der Waals surface area contributed by atoms with Crippen LogP contribution in [-0.2, 0) is 16.0 Å². The maximum Gasteiger partial charge on any atom is 0.338 e. The Kier molecular flexibility index (Phi) is 5.93. The third-order valence-electron chi connectivity index (χ3n) is 3.31. The summed E-state index contributed by atoms with van der Waals surface area (Å²) in [4.78, 5) is 23.9. The van der Waals surface area contributed by atoms with Gasteiger partial charge in [-0.15, -0.1) is 0 Å². The standard InChI is InChI=1S/C18H18BrNO3/c1-3-13-10-15(19)7-8-16(13)20-17(21)11-23-18(22)14-6-4-5-12(2)9-14/h4-10H,3,11H2,1-2H3,(H,20,21). The Balaban J connectivity index is 1.94. The van der Waals surface area contributed by atoms with Gasteiger partial charge < -0.3 is 10.1 Å². The smallest absolute Gasteiger partial charge is 0.338 e. The molecule has 2 aromatic rings. The monoisotopic (exact) mass is 375 g/mol. The number of benzene rings is 2. The van der Waals surface area contributed by atoms with Crippen molar-refractivity contribution in [2.45, 2.75) is 20.3 Å². The quantitative estimate of drug-likeness (QED) is 0.799. The first kappa shape index (κ1) is 17.2. The fraction of sp³-hybridized carbons (Fsp3) is 0.222. The normalized spacial score (nSPS) is 10.2. The van der Waals surface area contributed by atoms with Crippen molar-refractivity contribution in [1.29, 1.82) is 0 Å². The molecule has 0 radical (unpaired) electrons. The molecule has 0 aliphatic heterocycles. The van der Waals surface area contributed by atoms with E-state index in [-0.39, 0.29) is 12.5 Å². The molecule has 0 atom stereocenters. The molecule has 120 valence electrons. The largest absolute Gasteiger partial charge is 0.452 e. The molecule has 0 aromatic heterocycles. The van der Waals surface area contributed by atoms with Crippen LogP contribution in [0.3, 0.4) is 0 Å². The van der Waals surface area contributed by atoms with E-state index in [0.717, 1.165) is 27.7 Å². The van der Waals surface area contributed by atoms with Gasteiger partial charge in [-0.05, 0) is 49.2 Å². The fourth-order valence-electron chi connectivity index (χ4n) is 2.15. The van der Waals surface area contributed by atoms with Gasteiger partial charge in [0.2, 0.25) is 0 Å². The molecule has 0 unspecified atom stereocenters. The summed E-state index contributed by atoms with van der Waals surface area (Å²) in [5, 5.41) is 2.77. The van der Waals surface area contributed by atoms with Gasteiger partial charge in [0.25, 0.3) is 5.91 Å². The highest BCUT2D eigenvalue weighted by atomic mass is 79.9. The molecule has 0 saturated carbocycles. The fourth-order valence-corrected chi connectivity index (χ4v) is 2.56. The molecule has 23 heavy (non-hydrogen) atoms. The minimum absolute atomic E-state index is 0.313. The number of carbonyl (C=O) groups excluding carboxylic acids is 2. The number of anilines is 1. The summed E-state index contributed by atoms with van der Waals surface area (Å²) in [7, 11) is 0. The van der Waals surface area contributed by atoms with Gasteiger partial charge >= 0.3 is 5.97 Å². The molecule has 5 heteroatoms. The van der Waals surface area contributed by atoms with Crippen LogP contribution in [0.1, 0.15) is 28.4 Å². The highest BCUT2D eigenvalue weighted by Gasteiger charge is 2.11. The van der Waals surface area contributed by atoms with Gasteiger partial charge in [-0.25, -0.2) is 4.79 Å². The van der Waals surface area contributed by atoms with E-state index in [1.54, 1.807) is 18.2 Å². The van der Waals surface area contributed by atoms with Gasteiger partial charge in [-0.3, -0.25) is 4.79 Å². The van der Waals surface area contributed by atoms with Crippen LogP contribution in [0.15, 0.2) is 46.9 Å². The van der Waals surface area contributed by atoms with Crippen molar-refractivity contribution in [1.82, 2.24) is 0 Å². The summed E-state index contributed by atoms with van der Waals surface area (Å²) in [6.45, 7) is 3.59. The van der Waals surface area contributed by atoms with Gasteiger partial charge in [0.15, 0.2) is 6.61 Å². The van der Waals surface area contributed by atoms with Gasteiger partial charge in [0.05, 0.1) is 5.56 Å². The lowest BCUT2D eigenvalue weighted by molar-refractivity contribution is -0.119. The second-order valence-corrected chi connectivity index (χ2v) is 6.06. The maximum atomic E-state index is 12.0. The minimum Gasteiger partial charge on any atom is -0.452 e. The second-order valence-electron chi connectivity index (χ2n) is 5.15. The molecular formula is C18H18BrNO3. The Hall–Kier alpha value is -2.14. The first-order chi connectivity index (χ1) is 11.0. The molecule has 2 rings (SSSR count). The predicted molar refractivity (Wildman–Crippen MR) is 93.6 cm³/mol. The van der Waals surface area contributed by atoms with E-state index in [4.69, 9.17) is 4.74 Å². The summed E-state index contributed by atoms with van der Waals surface area (Å²) in [6, 6.07) is 12.7. The van der Waals surface area contributed by atoms with Crippen molar-refractivity contribution in [2.75, 3.05) is 11.9 Å². The van der Waals surface area contributed by atoms with Crippen molar-refractivity contribution in [3.63, 3.8) is 0 Å². The summed E-state index contributed by atoms with van der Waals surface area (Å²) in [5.41, 5.74) is 3.15. The van der Waals surface area contributed by atoms with Crippen LogP contribution in [0, 0.1) is 6.92 Å². The predicted octanol–water partition coefficient (Wildman–Crippen LogP) is 4.12. The van der Waals surface area contributed by atoms with Crippen LogP contribution in [-0.4, -0.2) is 18.5 Å². The van der Waals surface area contributed by atoms with Crippen LogP contribution in [0.2, 0.25) is 0 Å². The number of aryl methyl sites for hydroxylation is 2. The number of nitrogens with one attached hydrogen (secondary N) is 1. The molecule has 0 heterocycles. The highest BCUT2D eigenvalue weighted by molar-refractivity contribution is 9.10. The van der Waals surface area contributed by atoms with Crippen molar-refractivity contribution >= 4 is 33.5 Å². The lowest BCUT2D eigenvalue weighted by atomic mass is 10.1. The molecule has 1 amide bonds. The molecular weight excluding hydrogens is 358 g/mol. The van der Waals surface area contributed by atoms with E-state index >= 15 is 0 Å². The molecule has 0 bridgehead atoms. The van der Waals surface area contributed by atoms with Gasteiger partial charge in [-0.2, -0.15) is 0 Å². The Morgan fingerprint density at radius 3 is 2.65 bits per heavy atom. The van der Waals surface area contributed by atoms with E-state index in [1.807, 2.05) is 38.1 Å². The van der Waals surface area contributed by atoms with Crippen molar-refractivity contribution in [2.24, 2.45) is 0 Å². The molecule has 4 nitrogen and oxygen atoms in total. The number of esters is 1. The van der Waals surface area contributed by atoms with Gasteiger partial charge in [0.1, 0.15) is 0 Å². The SMILES string of the molecule is CCc1cc(Br)ccc1NC(=O)COC(=O)c1cccc(C)c1. The van der Waals surface area contributed by atoms with Crippen LogP contribution in [0.25, 0.3) is 0 Å². The first-order valence-electron chi connectivity index (χ1n) is 7.31. The Morgan fingerprint density at radius 2 is 1.96 bits per heavy atom. The Morgan fingerprint density at radius 1 is 1.17 bits per heavy atom. The molecule has 0 saturated heterocycles. The average Bonchev–Trinajstić information content (AvgIpc) is 2.54. The van der Waals surface area contributed by atoms with E-state index in [2.05, 4.69) is 21.2 Å². The lowest BCUT2D eigenvalue weighted by Gasteiger charge is -2.11. The number of hydrogen-bond donors (Lipinski definition) is 1. The Bertz CT molecular complexity index is 728. The van der Waals surface area contributed by atoms with Gasteiger partial charge in [-0.1, -0.05) is 40.5 Å². The van der Waals surface area contributed by atoms with E-state index in [1.165, 1.54) is 0 Å². The van der Waals surface area contributed by atoms with E-state index in [9.17, 15) is 9.59 Å². The van der Waals surface area contributed by atoms with Gasteiger partial charge in [0, 0.05) is 10.2 Å². The molecule has 0 aliphatic rings. The second kappa shape index (κ2) is 7.92. The number of carbonyl (C=O) groups is 2.